The molecule has 0 radical (unpaired) electrons. The van der Waals surface area contributed by atoms with E-state index in [0.717, 1.165) is 4.57 Å². The molecule has 0 spiro atoms. The molecule has 0 bridgehead atoms. The Bertz CT molecular complexity index is 559. The summed E-state index contributed by atoms with van der Waals surface area (Å²) in [4.78, 5) is 25.0. The van der Waals surface area contributed by atoms with E-state index in [0.29, 0.717) is 3.57 Å². The second-order valence-corrected chi connectivity index (χ2v) is 5.49. The van der Waals surface area contributed by atoms with Gasteiger partial charge in [0.05, 0.1) is 10.2 Å². The molecule has 1 aliphatic heterocycles. The molecule has 1 aliphatic rings. The van der Waals surface area contributed by atoms with Gasteiger partial charge in [0, 0.05) is 6.20 Å². The molecule has 0 aliphatic carbocycles. The van der Waals surface area contributed by atoms with Gasteiger partial charge < -0.3 is 14.9 Å². The molecule has 0 saturated carbocycles. The molecular weight excluding hydrogens is 378 g/mol. The number of ether oxygens (including phenoxy) is 1. The fourth-order valence-corrected chi connectivity index (χ4v) is 2.51. The predicted octanol–water partition coefficient (Wildman–Crippen LogP) is -1.00. The van der Waals surface area contributed by atoms with E-state index < -0.39 is 41.7 Å². The lowest BCUT2D eigenvalue weighted by Gasteiger charge is -2.16. The van der Waals surface area contributed by atoms with E-state index in [2.05, 4.69) is 4.98 Å². The number of hydrogen-bond acceptors (Lipinski definition) is 5. The molecule has 2 rings (SSSR count). The van der Waals surface area contributed by atoms with Gasteiger partial charge >= 0.3 is 5.69 Å². The van der Waals surface area contributed by atoms with Crippen molar-refractivity contribution in [3.63, 3.8) is 0 Å². The Hall–Kier alpha value is -0.420. The average Bonchev–Trinajstić information content (AvgIpc) is 2.61. The Balaban J connectivity index is 2.42. The van der Waals surface area contributed by atoms with Crippen LogP contribution in [0.2, 0.25) is 0 Å². The number of aromatic nitrogens is 2. The number of nitrogens with one attached hydrogen (secondary N) is 1. The molecule has 0 amide bonds. The fourth-order valence-electron chi connectivity index (χ4n) is 1.73. The normalized spacial score (nSPS) is 31.8. The van der Waals surface area contributed by atoms with E-state index in [-0.39, 0.29) is 0 Å². The number of aliphatic hydroxyl groups excluding tert-OH is 2. The van der Waals surface area contributed by atoms with Gasteiger partial charge in [-0.05, 0) is 22.6 Å². The zero-order valence-electron chi connectivity index (χ0n) is 8.92. The topological polar surface area (TPSA) is 105 Å². The van der Waals surface area contributed by atoms with Crippen molar-refractivity contribution in [2.24, 2.45) is 0 Å². The summed E-state index contributed by atoms with van der Waals surface area (Å²) in [5, 5.41) is 17.8. The van der Waals surface area contributed by atoms with E-state index in [9.17, 15) is 14.7 Å². The zero-order valence-corrected chi connectivity index (χ0v) is 11.8. The van der Waals surface area contributed by atoms with Gasteiger partial charge in [0.25, 0.3) is 5.56 Å². The zero-order chi connectivity index (χ0) is 13.4. The Kier molecular flexibility index (Phi) is 4.11. The Morgan fingerprint density at radius 1 is 1.56 bits per heavy atom. The second kappa shape index (κ2) is 5.29. The highest BCUT2D eigenvalue weighted by Crippen LogP contribution is 2.32. The molecule has 3 N–H and O–H groups in total. The first-order valence-electron chi connectivity index (χ1n) is 5.05. The third-order valence-electron chi connectivity index (χ3n) is 2.67. The van der Waals surface area contributed by atoms with Crippen LogP contribution >= 0.6 is 34.2 Å². The highest BCUT2D eigenvalue weighted by atomic mass is 127. The van der Waals surface area contributed by atoms with Crippen molar-refractivity contribution in [1.82, 2.24) is 9.55 Å². The maximum atomic E-state index is 11.6. The van der Waals surface area contributed by atoms with Crippen LogP contribution < -0.4 is 11.2 Å². The lowest BCUT2D eigenvalue weighted by molar-refractivity contribution is -0.0458. The van der Waals surface area contributed by atoms with Gasteiger partial charge in [-0.25, -0.2) is 4.79 Å². The minimum atomic E-state index is -1.09. The van der Waals surface area contributed by atoms with Crippen LogP contribution in [-0.4, -0.2) is 44.0 Å². The first kappa shape index (κ1) is 14.0. The monoisotopic (exact) mass is 388 g/mol. The Morgan fingerprint density at radius 3 is 2.78 bits per heavy atom. The van der Waals surface area contributed by atoms with Crippen LogP contribution in [0.5, 0.6) is 0 Å². The third-order valence-corrected chi connectivity index (χ3v) is 3.91. The van der Waals surface area contributed by atoms with Gasteiger partial charge in [-0.1, -0.05) is 0 Å². The third kappa shape index (κ3) is 2.35. The van der Waals surface area contributed by atoms with Crippen LogP contribution in [0.3, 0.4) is 0 Å². The van der Waals surface area contributed by atoms with Crippen LogP contribution in [0.1, 0.15) is 6.23 Å². The molecule has 1 fully saturated rings. The number of rotatable bonds is 2. The number of alkyl halides is 1. The largest absolute Gasteiger partial charge is 0.394 e. The van der Waals surface area contributed by atoms with Gasteiger partial charge in [-0.3, -0.25) is 14.3 Å². The van der Waals surface area contributed by atoms with Crippen LogP contribution in [0.15, 0.2) is 15.8 Å². The first-order chi connectivity index (χ1) is 8.45. The molecule has 2 heterocycles. The molecule has 100 valence electrons. The molecule has 9 heteroatoms. The van der Waals surface area contributed by atoms with Gasteiger partial charge in [0.15, 0.2) is 6.23 Å². The maximum absolute atomic E-state index is 11.6. The lowest BCUT2D eigenvalue weighted by Crippen LogP contribution is -2.36. The molecule has 0 unspecified atom stereocenters. The number of aromatic amines is 1. The molecule has 1 saturated heterocycles. The second-order valence-electron chi connectivity index (χ2n) is 3.83. The molecule has 18 heavy (non-hydrogen) atoms. The van der Waals surface area contributed by atoms with Crippen molar-refractivity contribution in [3.8, 4) is 0 Å². The molecule has 1 aromatic heterocycles. The van der Waals surface area contributed by atoms with E-state index in [1.54, 1.807) is 22.6 Å². The van der Waals surface area contributed by atoms with Gasteiger partial charge in [0.2, 0.25) is 0 Å². The number of aliphatic hydroxyl groups is 2. The quantitative estimate of drug-likeness (QED) is 0.445. The summed E-state index contributed by atoms with van der Waals surface area (Å²) in [6.45, 7) is -0.407. The molecule has 0 aromatic carbocycles. The number of halogens is 2. The summed E-state index contributed by atoms with van der Waals surface area (Å²) in [6, 6.07) is 0. The summed E-state index contributed by atoms with van der Waals surface area (Å²) in [5.41, 5.74) is -1.18. The van der Waals surface area contributed by atoms with Crippen LogP contribution in [-0.2, 0) is 4.74 Å². The van der Waals surface area contributed by atoms with E-state index in [1.807, 2.05) is 0 Å². The minimum absolute atomic E-state index is 0.293. The number of H-pyrrole nitrogens is 1. The summed E-state index contributed by atoms with van der Waals surface area (Å²) in [6.07, 6.45) is -1.57. The van der Waals surface area contributed by atoms with Crippen LogP contribution in [0.4, 0.5) is 0 Å². The highest BCUT2D eigenvalue weighted by Gasteiger charge is 2.43. The Morgan fingerprint density at radius 2 is 2.22 bits per heavy atom. The average molecular weight is 389 g/mol. The summed E-state index contributed by atoms with van der Waals surface area (Å²) in [5.74, 6) is 0. The molecule has 7 nitrogen and oxygen atoms in total. The van der Waals surface area contributed by atoms with E-state index in [1.165, 1.54) is 6.20 Å². The predicted molar refractivity (Wildman–Crippen MR) is 70.7 cm³/mol. The highest BCUT2D eigenvalue weighted by molar-refractivity contribution is 14.1. The fraction of sp³-hybridized carbons (Fsp3) is 0.556. The van der Waals surface area contributed by atoms with Crippen molar-refractivity contribution in [2.45, 2.75) is 23.8 Å². The number of nitrogens with zero attached hydrogens (tertiary/aromatic N) is 1. The van der Waals surface area contributed by atoms with Crippen molar-refractivity contribution in [2.75, 3.05) is 6.61 Å². The minimum Gasteiger partial charge on any atom is -0.394 e. The van der Waals surface area contributed by atoms with Gasteiger partial charge in [-0.15, -0.1) is 11.6 Å². The standard InChI is InChI=1S/C9H10ClIN2O5/c10-5-6(15)4(2-14)18-8(5)13-1-3(11)7(16)12-9(13)17/h1,4-6,8,14-15H,2H2,(H,12,16,17)/t4-,5+,6-,8-/m1/s1. The first-order valence-corrected chi connectivity index (χ1v) is 6.56. The van der Waals surface area contributed by atoms with Crippen molar-refractivity contribution >= 4 is 34.2 Å². The van der Waals surface area contributed by atoms with Crippen LogP contribution in [0, 0.1) is 3.57 Å². The van der Waals surface area contributed by atoms with Crippen molar-refractivity contribution < 1.29 is 14.9 Å². The van der Waals surface area contributed by atoms with Crippen molar-refractivity contribution in [1.29, 1.82) is 0 Å². The lowest BCUT2D eigenvalue weighted by atomic mass is 10.2. The van der Waals surface area contributed by atoms with E-state index in [4.69, 9.17) is 21.4 Å². The van der Waals surface area contributed by atoms with Crippen LogP contribution in [0.25, 0.3) is 0 Å². The summed E-state index contributed by atoms with van der Waals surface area (Å²) in [7, 11) is 0. The SMILES string of the molecule is O=c1[nH]c(=O)n([C@@H]2O[C@H](CO)[C@@H](O)[C@@H]2Cl)cc1I. The Labute approximate surface area is 119 Å². The van der Waals surface area contributed by atoms with E-state index >= 15 is 0 Å². The summed E-state index contributed by atoms with van der Waals surface area (Å²) < 4.78 is 6.69. The van der Waals surface area contributed by atoms with Gasteiger partial charge in [-0.2, -0.15) is 0 Å². The smallest absolute Gasteiger partial charge is 0.330 e. The molecule has 1 aromatic rings. The summed E-state index contributed by atoms with van der Waals surface area (Å²) >= 11 is 7.73. The van der Waals surface area contributed by atoms with Crippen molar-refractivity contribution in [3.05, 3.63) is 30.6 Å². The molecular formula is C9H10ClIN2O5. The number of hydrogen-bond donors (Lipinski definition) is 3. The molecule has 4 atom stereocenters. The van der Waals surface area contributed by atoms with Gasteiger partial charge in [0.1, 0.15) is 17.6 Å². The maximum Gasteiger partial charge on any atom is 0.330 e.